The minimum Gasteiger partial charge on any atom is -0.493 e. The highest BCUT2D eigenvalue weighted by molar-refractivity contribution is 6.51. The molecule has 1 aliphatic carbocycles. The summed E-state index contributed by atoms with van der Waals surface area (Å²) in [6.07, 6.45) is 0. The number of benzene rings is 3. The van der Waals surface area contributed by atoms with E-state index in [2.05, 4.69) is 0 Å². The SMILES string of the molecule is COc1cc(C(=O)c2ccc3c(c2C(=O)c2cc(OC)c(OC)c(OC)c2)C(=O)C(Cl)=C(N)C3=O)cc(OC)c1OC. The molecule has 42 heavy (non-hydrogen) atoms. The van der Waals surface area contributed by atoms with Crippen LogP contribution in [0.25, 0.3) is 0 Å². The first-order valence-corrected chi connectivity index (χ1v) is 12.6. The molecule has 0 bridgehead atoms. The van der Waals surface area contributed by atoms with Crippen LogP contribution in [0.15, 0.2) is 47.1 Å². The van der Waals surface area contributed by atoms with Crippen molar-refractivity contribution in [2.75, 3.05) is 42.7 Å². The van der Waals surface area contributed by atoms with E-state index in [0.717, 1.165) is 0 Å². The molecule has 11 nitrogen and oxygen atoms in total. The van der Waals surface area contributed by atoms with Gasteiger partial charge in [-0.25, -0.2) is 0 Å². The number of carbonyl (C=O) groups excluding carboxylic acids is 4. The minimum absolute atomic E-state index is 0.0317. The third kappa shape index (κ3) is 4.77. The van der Waals surface area contributed by atoms with Crippen molar-refractivity contribution in [1.82, 2.24) is 0 Å². The van der Waals surface area contributed by atoms with Gasteiger partial charge in [-0.3, -0.25) is 19.2 Å². The second-order valence-electron chi connectivity index (χ2n) is 8.78. The topological polar surface area (TPSA) is 150 Å². The molecule has 2 N–H and O–H groups in total. The Morgan fingerprint density at radius 1 is 0.643 bits per heavy atom. The summed E-state index contributed by atoms with van der Waals surface area (Å²) < 4.78 is 32.2. The van der Waals surface area contributed by atoms with Crippen LogP contribution in [0.2, 0.25) is 0 Å². The molecule has 218 valence electrons. The zero-order chi connectivity index (χ0) is 30.9. The predicted molar refractivity (Wildman–Crippen MR) is 151 cm³/mol. The van der Waals surface area contributed by atoms with Gasteiger partial charge in [0.1, 0.15) is 10.7 Å². The van der Waals surface area contributed by atoms with Gasteiger partial charge in [-0.15, -0.1) is 0 Å². The summed E-state index contributed by atoms with van der Waals surface area (Å²) in [5.74, 6) is -2.03. The number of carbonyl (C=O) groups is 4. The smallest absolute Gasteiger partial charge is 0.211 e. The minimum atomic E-state index is -0.890. The van der Waals surface area contributed by atoms with Gasteiger partial charge in [-0.2, -0.15) is 0 Å². The largest absolute Gasteiger partial charge is 0.493 e. The molecule has 0 unspecified atom stereocenters. The third-order valence-electron chi connectivity index (χ3n) is 6.68. The number of nitrogens with two attached hydrogens (primary N) is 1. The van der Waals surface area contributed by atoms with Crippen LogP contribution >= 0.6 is 11.6 Å². The summed E-state index contributed by atoms with van der Waals surface area (Å²) in [6, 6.07) is 8.04. The molecule has 0 aromatic heterocycles. The van der Waals surface area contributed by atoms with Crippen LogP contribution in [-0.2, 0) is 0 Å². The van der Waals surface area contributed by atoms with E-state index in [1.807, 2.05) is 0 Å². The van der Waals surface area contributed by atoms with Crippen molar-refractivity contribution >= 4 is 34.7 Å². The van der Waals surface area contributed by atoms with Crippen molar-refractivity contribution in [3.05, 3.63) is 80.5 Å². The highest BCUT2D eigenvalue weighted by Crippen LogP contribution is 2.42. The summed E-state index contributed by atoms with van der Waals surface area (Å²) in [4.78, 5) is 54.8. The van der Waals surface area contributed by atoms with Crippen LogP contribution in [0, 0.1) is 0 Å². The summed E-state index contributed by atoms with van der Waals surface area (Å²) in [7, 11) is 8.30. The van der Waals surface area contributed by atoms with Gasteiger partial charge >= 0.3 is 0 Å². The van der Waals surface area contributed by atoms with Gasteiger partial charge in [-0.1, -0.05) is 11.6 Å². The normalized spacial score (nSPS) is 12.5. The first-order valence-electron chi connectivity index (χ1n) is 12.2. The van der Waals surface area contributed by atoms with Crippen molar-refractivity contribution in [3.8, 4) is 34.5 Å². The number of ether oxygens (including phenoxy) is 6. The molecular formula is C30H26ClNO10. The van der Waals surface area contributed by atoms with Crippen molar-refractivity contribution in [2.45, 2.75) is 0 Å². The third-order valence-corrected chi connectivity index (χ3v) is 7.06. The predicted octanol–water partition coefficient (Wildman–Crippen LogP) is 3.99. The maximum Gasteiger partial charge on any atom is 0.211 e. The number of fused-ring (bicyclic) bond motifs is 1. The molecule has 0 saturated carbocycles. The number of allylic oxidation sites excluding steroid dienone is 2. The van der Waals surface area contributed by atoms with Crippen LogP contribution in [0.3, 0.4) is 0 Å². The Kier molecular flexibility index (Phi) is 8.44. The molecule has 0 saturated heterocycles. The Morgan fingerprint density at radius 3 is 1.48 bits per heavy atom. The highest BCUT2D eigenvalue weighted by Gasteiger charge is 2.37. The van der Waals surface area contributed by atoms with Gasteiger partial charge in [0.05, 0.1) is 42.7 Å². The number of hydrogen-bond acceptors (Lipinski definition) is 11. The van der Waals surface area contributed by atoms with Crippen molar-refractivity contribution in [3.63, 3.8) is 0 Å². The molecule has 0 heterocycles. The number of halogens is 1. The molecular weight excluding hydrogens is 570 g/mol. The van der Waals surface area contributed by atoms with Crippen LogP contribution in [0.5, 0.6) is 34.5 Å². The highest BCUT2D eigenvalue weighted by atomic mass is 35.5. The standard InChI is InChI=1S/C30H26ClNO10/c1-37-17-9-13(10-18(38-2)29(17)41-5)25(33)15-7-8-16-22(28(36)23(31)24(32)27(16)35)21(15)26(34)14-11-19(39-3)30(42-6)20(12-14)40-4/h7-12H,32H2,1-6H3. The quantitative estimate of drug-likeness (QED) is 0.339. The monoisotopic (exact) mass is 595 g/mol. The van der Waals surface area contributed by atoms with Gasteiger partial charge in [-0.05, 0) is 36.4 Å². The molecule has 0 aliphatic heterocycles. The van der Waals surface area contributed by atoms with Crippen molar-refractivity contribution in [1.29, 1.82) is 0 Å². The first kappa shape index (κ1) is 29.9. The molecule has 3 aromatic rings. The fourth-order valence-electron chi connectivity index (χ4n) is 4.65. The lowest BCUT2D eigenvalue weighted by Crippen LogP contribution is -2.28. The van der Waals surface area contributed by atoms with E-state index in [-0.39, 0.29) is 67.9 Å². The van der Waals surface area contributed by atoms with E-state index in [1.165, 1.54) is 79.1 Å². The Bertz CT molecular complexity index is 1640. The summed E-state index contributed by atoms with van der Waals surface area (Å²) >= 11 is 6.14. The molecule has 0 fully saturated rings. The van der Waals surface area contributed by atoms with Crippen LogP contribution in [0.4, 0.5) is 0 Å². The Hall–Kier alpha value is -5.03. The van der Waals surface area contributed by atoms with Gasteiger partial charge in [0, 0.05) is 33.4 Å². The van der Waals surface area contributed by atoms with Gasteiger partial charge in [0.15, 0.2) is 34.6 Å². The fraction of sp³-hybridized carbons (Fsp3) is 0.200. The zero-order valence-electron chi connectivity index (χ0n) is 23.5. The van der Waals surface area contributed by atoms with E-state index in [1.54, 1.807) is 0 Å². The molecule has 0 radical (unpaired) electrons. The molecule has 0 atom stereocenters. The number of ketones is 4. The molecule has 3 aromatic carbocycles. The lowest BCUT2D eigenvalue weighted by atomic mass is 9.81. The summed E-state index contributed by atoms with van der Waals surface area (Å²) in [5, 5.41) is -0.566. The van der Waals surface area contributed by atoms with E-state index in [0.29, 0.717) is 0 Å². The Balaban J connectivity index is 2.05. The lowest BCUT2D eigenvalue weighted by Gasteiger charge is -2.21. The number of hydrogen-bond donors (Lipinski definition) is 1. The van der Waals surface area contributed by atoms with Crippen LogP contribution < -0.4 is 34.2 Å². The second-order valence-corrected chi connectivity index (χ2v) is 9.16. The van der Waals surface area contributed by atoms with Gasteiger partial charge in [0.25, 0.3) is 0 Å². The first-order chi connectivity index (χ1) is 20.1. The van der Waals surface area contributed by atoms with Crippen molar-refractivity contribution in [2.24, 2.45) is 5.73 Å². The molecule has 0 amide bonds. The van der Waals surface area contributed by atoms with E-state index in [4.69, 9.17) is 45.8 Å². The Labute approximate surface area is 245 Å². The Morgan fingerprint density at radius 2 is 1.07 bits per heavy atom. The van der Waals surface area contributed by atoms with E-state index in [9.17, 15) is 19.2 Å². The molecule has 12 heteroatoms. The maximum atomic E-state index is 14.3. The molecule has 0 spiro atoms. The number of methoxy groups -OCH3 is 6. The van der Waals surface area contributed by atoms with Crippen LogP contribution in [0.1, 0.15) is 52.6 Å². The van der Waals surface area contributed by atoms with Gasteiger partial charge in [0.2, 0.25) is 23.1 Å². The fourth-order valence-corrected chi connectivity index (χ4v) is 4.83. The van der Waals surface area contributed by atoms with Crippen molar-refractivity contribution < 1.29 is 47.6 Å². The number of rotatable bonds is 10. The zero-order valence-corrected chi connectivity index (χ0v) is 24.3. The average Bonchev–Trinajstić information content (AvgIpc) is 3.03. The molecule has 4 rings (SSSR count). The van der Waals surface area contributed by atoms with E-state index >= 15 is 0 Å². The van der Waals surface area contributed by atoms with Gasteiger partial charge < -0.3 is 34.2 Å². The lowest BCUT2D eigenvalue weighted by molar-refractivity contribution is 0.0967. The second kappa shape index (κ2) is 11.8. The summed E-state index contributed by atoms with van der Waals surface area (Å²) in [5.41, 5.74) is 4.21. The van der Waals surface area contributed by atoms with E-state index < -0.39 is 33.9 Å². The maximum absolute atomic E-state index is 14.3. The number of Topliss-reactive ketones (excluding diaryl/α,β-unsaturated/α-hetero) is 2. The summed E-state index contributed by atoms with van der Waals surface area (Å²) in [6.45, 7) is 0. The average molecular weight is 596 g/mol. The molecule has 1 aliphatic rings. The van der Waals surface area contributed by atoms with Crippen LogP contribution in [-0.4, -0.2) is 65.8 Å².